The van der Waals surface area contributed by atoms with Crippen molar-refractivity contribution >= 4 is 21.6 Å². The number of halogens is 1. The summed E-state index contributed by atoms with van der Waals surface area (Å²) in [4.78, 5) is 6.13. The predicted molar refractivity (Wildman–Crippen MR) is 83.9 cm³/mol. The molecule has 5 nitrogen and oxygen atoms in total. The van der Waals surface area contributed by atoms with Crippen molar-refractivity contribution in [3.8, 4) is 0 Å². The first-order valence-electron chi connectivity index (χ1n) is 7.14. The second kappa shape index (κ2) is 6.60. The van der Waals surface area contributed by atoms with Gasteiger partial charge in [0, 0.05) is 18.3 Å². The largest absolute Gasteiger partial charge is 0.302 e. The number of nitrogens with zero attached hydrogens (tertiary/aromatic N) is 2. The molecule has 1 saturated carbocycles. The summed E-state index contributed by atoms with van der Waals surface area (Å²) in [5.41, 5.74) is -0.0921. The van der Waals surface area contributed by atoms with Crippen LogP contribution in [0.2, 0.25) is 5.15 Å². The molecule has 0 amide bonds. The summed E-state index contributed by atoms with van der Waals surface area (Å²) in [5, 5.41) is 0.283. The fourth-order valence-electron chi connectivity index (χ4n) is 2.83. The minimum atomic E-state index is -3.55. The second-order valence-electron chi connectivity index (χ2n) is 5.82. The zero-order chi connectivity index (χ0) is 15.5. The van der Waals surface area contributed by atoms with Gasteiger partial charge in [-0.2, -0.15) is 0 Å². The van der Waals surface area contributed by atoms with Crippen molar-refractivity contribution in [2.24, 2.45) is 0 Å². The van der Waals surface area contributed by atoms with Crippen molar-refractivity contribution in [1.29, 1.82) is 0 Å². The van der Waals surface area contributed by atoms with E-state index in [0.29, 0.717) is 6.54 Å². The average Bonchev–Trinajstić information content (AvgIpc) is 2.46. The van der Waals surface area contributed by atoms with Crippen LogP contribution in [0.3, 0.4) is 0 Å². The molecule has 1 N–H and O–H groups in total. The van der Waals surface area contributed by atoms with Gasteiger partial charge in [-0.15, -0.1) is 0 Å². The first-order valence-corrected chi connectivity index (χ1v) is 9.01. The fourth-order valence-corrected chi connectivity index (χ4v) is 4.00. The standard InChI is InChI=1S/C14H22ClN3O2S/c1-18(2)14(8-4-3-5-9-14)11-17-21(19,20)12-6-7-13(15)16-10-12/h6-7,10,17H,3-5,8-9,11H2,1-2H3. The van der Waals surface area contributed by atoms with E-state index in [2.05, 4.69) is 14.6 Å². The summed E-state index contributed by atoms with van der Waals surface area (Å²) in [7, 11) is 0.489. The van der Waals surface area contributed by atoms with E-state index in [1.807, 2.05) is 14.1 Å². The molecule has 1 aliphatic rings. The maximum Gasteiger partial charge on any atom is 0.242 e. The lowest BCUT2D eigenvalue weighted by Gasteiger charge is -2.43. The van der Waals surface area contributed by atoms with Crippen molar-refractivity contribution in [2.45, 2.75) is 42.5 Å². The van der Waals surface area contributed by atoms with Crippen LogP contribution >= 0.6 is 11.6 Å². The number of rotatable bonds is 5. The van der Waals surface area contributed by atoms with E-state index in [0.717, 1.165) is 25.7 Å². The van der Waals surface area contributed by atoms with Gasteiger partial charge in [-0.3, -0.25) is 0 Å². The molecule has 0 radical (unpaired) electrons. The van der Waals surface area contributed by atoms with E-state index >= 15 is 0 Å². The Hall–Kier alpha value is -0.690. The molecule has 7 heteroatoms. The number of nitrogens with one attached hydrogen (secondary N) is 1. The summed E-state index contributed by atoms with van der Waals surface area (Å²) >= 11 is 5.69. The molecule has 1 aromatic rings. The summed E-state index contributed by atoms with van der Waals surface area (Å²) in [5.74, 6) is 0. The third-order valence-electron chi connectivity index (χ3n) is 4.33. The van der Waals surface area contributed by atoms with Gasteiger partial charge in [0.15, 0.2) is 0 Å². The molecular weight excluding hydrogens is 310 g/mol. The van der Waals surface area contributed by atoms with Crippen LogP contribution < -0.4 is 4.72 Å². The summed E-state index contributed by atoms with van der Waals surface area (Å²) in [6.45, 7) is 0.422. The van der Waals surface area contributed by atoms with E-state index in [4.69, 9.17) is 11.6 Å². The third-order valence-corrected chi connectivity index (χ3v) is 5.94. The molecule has 0 spiro atoms. The van der Waals surface area contributed by atoms with Gasteiger partial charge in [0.25, 0.3) is 0 Å². The number of hydrogen-bond donors (Lipinski definition) is 1. The Morgan fingerprint density at radius 1 is 1.29 bits per heavy atom. The van der Waals surface area contributed by atoms with Gasteiger partial charge in [0.1, 0.15) is 10.0 Å². The minimum Gasteiger partial charge on any atom is -0.302 e. The average molecular weight is 332 g/mol. The Balaban J connectivity index is 2.11. The van der Waals surface area contributed by atoms with Gasteiger partial charge in [0.2, 0.25) is 10.0 Å². The van der Waals surface area contributed by atoms with Crippen LogP contribution in [0.25, 0.3) is 0 Å². The van der Waals surface area contributed by atoms with Crippen molar-refractivity contribution in [2.75, 3.05) is 20.6 Å². The molecule has 1 heterocycles. The van der Waals surface area contributed by atoms with E-state index in [9.17, 15) is 8.42 Å². The first kappa shape index (κ1) is 16.7. The van der Waals surface area contributed by atoms with Gasteiger partial charge in [-0.1, -0.05) is 30.9 Å². The van der Waals surface area contributed by atoms with Gasteiger partial charge in [-0.05, 0) is 39.1 Å². The normalized spacial score (nSPS) is 18.9. The molecule has 0 aromatic carbocycles. The topological polar surface area (TPSA) is 62.3 Å². The Kier molecular flexibility index (Phi) is 5.24. The Morgan fingerprint density at radius 3 is 2.48 bits per heavy atom. The van der Waals surface area contributed by atoms with Crippen LogP contribution in [0.1, 0.15) is 32.1 Å². The lowest BCUT2D eigenvalue weighted by molar-refractivity contribution is 0.105. The lowest BCUT2D eigenvalue weighted by Crippen LogP contribution is -2.53. The minimum absolute atomic E-state index is 0.0921. The molecule has 0 bridgehead atoms. The van der Waals surface area contributed by atoms with Crippen LogP contribution in [0.15, 0.2) is 23.2 Å². The molecule has 0 unspecified atom stereocenters. The Labute approximate surface area is 131 Å². The van der Waals surface area contributed by atoms with Crippen LogP contribution in [-0.4, -0.2) is 44.5 Å². The molecule has 0 saturated heterocycles. The van der Waals surface area contributed by atoms with Crippen LogP contribution in [0.5, 0.6) is 0 Å². The van der Waals surface area contributed by atoms with E-state index < -0.39 is 10.0 Å². The number of pyridine rings is 1. The van der Waals surface area contributed by atoms with Gasteiger partial charge in [0.05, 0.1) is 0 Å². The smallest absolute Gasteiger partial charge is 0.242 e. The summed E-state index contributed by atoms with van der Waals surface area (Å²) < 4.78 is 27.4. The monoisotopic (exact) mass is 331 g/mol. The van der Waals surface area contributed by atoms with Gasteiger partial charge < -0.3 is 4.90 Å². The molecular formula is C14H22ClN3O2S. The number of likely N-dealkylation sites (N-methyl/N-ethyl adjacent to an activating group) is 1. The molecule has 1 aliphatic carbocycles. The van der Waals surface area contributed by atoms with Gasteiger partial charge >= 0.3 is 0 Å². The quantitative estimate of drug-likeness (QED) is 0.841. The maximum absolute atomic E-state index is 12.3. The molecule has 1 aromatic heterocycles. The molecule has 118 valence electrons. The van der Waals surface area contributed by atoms with Crippen molar-refractivity contribution < 1.29 is 8.42 Å². The number of aromatic nitrogens is 1. The maximum atomic E-state index is 12.3. The highest BCUT2D eigenvalue weighted by Gasteiger charge is 2.35. The Bertz CT molecular complexity index is 566. The molecule has 1 fully saturated rings. The van der Waals surface area contributed by atoms with Crippen LogP contribution in [0, 0.1) is 0 Å². The molecule has 0 aliphatic heterocycles. The second-order valence-corrected chi connectivity index (χ2v) is 7.97. The number of hydrogen-bond acceptors (Lipinski definition) is 4. The fraction of sp³-hybridized carbons (Fsp3) is 0.643. The van der Waals surface area contributed by atoms with Crippen molar-refractivity contribution in [3.63, 3.8) is 0 Å². The Morgan fingerprint density at radius 2 is 1.95 bits per heavy atom. The highest BCUT2D eigenvalue weighted by molar-refractivity contribution is 7.89. The van der Waals surface area contributed by atoms with E-state index in [1.54, 1.807) is 0 Å². The SMILES string of the molecule is CN(C)C1(CNS(=O)(=O)c2ccc(Cl)nc2)CCCCC1. The van der Waals surface area contributed by atoms with E-state index in [1.165, 1.54) is 24.8 Å². The number of sulfonamides is 1. The van der Waals surface area contributed by atoms with Crippen molar-refractivity contribution in [3.05, 3.63) is 23.5 Å². The highest BCUT2D eigenvalue weighted by Crippen LogP contribution is 2.32. The zero-order valence-electron chi connectivity index (χ0n) is 12.5. The first-order chi connectivity index (χ1) is 9.86. The predicted octanol–water partition coefficient (Wildman–Crippen LogP) is 2.28. The molecule has 0 atom stereocenters. The van der Waals surface area contributed by atoms with Crippen LogP contribution in [-0.2, 0) is 10.0 Å². The van der Waals surface area contributed by atoms with Gasteiger partial charge in [-0.25, -0.2) is 18.1 Å². The lowest BCUT2D eigenvalue weighted by atomic mass is 9.81. The van der Waals surface area contributed by atoms with Crippen LogP contribution in [0.4, 0.5) is 0 Å². The zero-order valence-corrected chi connectivity index (χ0v) is 14.0. The summed E-state index contributed by atoms with van der Waals surface area (Å²) in [6.07, 6.45) is 6.82. The summed E-state index contributed by atoms with van der Waals surface area (Å²) in [6, 6.07) is 2.96. The molecule has 21 heavy (non-hydrogen) atoms. The highest BCUT2D eigenvalue weighted by atomic mass is 35.5. The van der Waals surface area contributed by atoms with E-state index in [-0.39, 0.29) is 15.6 Å². The van der Waals surface area contributed by atoms with Crippen molar-refractivity contribution in [1.82, 2.24) is 14.6 Å². The molecule has 2 rings (SSSR count). The third kappa shape index (κ3) is 3.94.